The van der Waals surface area contributed by atoms with Crippen LogP contribution in [0.1, 0.15) is 6.42 Å². The molecule has 0 saturated carbocycles. The third kappa shape index (κ3) is 1.66. The first-order valence-electron chi connectivity index (χ1n) is 4.51. The van der Waals surface area contributed by atoms with Crippen LogP contribution in [-0.2, 0) is 4.79 Å². The van der Waals surface area contributed by atoms with Gasteiger partial charge in [-0.15, -0.1) is 0 Å². The molecular formula is C9H11N3O2. The quantitative estimate of drug-likeness (QED) is 0.735. The SMILES string of the molecule is O=C(O)[C@@H]1CCN(c2cnccn2)C1. The zero-order chi connectivity index (χ0) is 9.97. The van der Waals surface area contributed by atoms with Crippen molar-refractivity contribution in [3.8, 4) is 0 Å². The molecule has 0 amide bonds. The number of carboxylic acids is 1. The molecule has 1 atom stereocenters. The monoisotopic (exact) mass is 193 g/mol. The molecule has 0 unspecified atom stereocenters. The summed E-state index contributed by atoms with van der Waals surface area (Å²) in [6.45, 7) is 1.28. The van der Waals surface area contributed by atoms with Crippen molar-refractivity contribution >= 4 is 11.8 Å². The fraction of sp³-hybridized carbons (Fsp3) is 0.444. The van der Waals surface area contributed by atoms with Crippen LogP contribution in [0.5, 0.6) is 0 Å². The van der Waals surface area contributed by atoms with Gasteiger partial charge in [0.05, 0.1) is 12.1 Å². The van der Waals surface area contributed by atoms with Crippen LogP contribution >= 0.6 is 0 Å². The minimum Gasteiger partial charge on any atom is -0.481 e. The molecule has 1 aliphatic rings. The smallest absolute Gasteiger partial charge is 0.308 e. The van der Waals surface area contributed by atoms with E-state index in [0.717, 1.165) is 12.4 Å². The number of hydrogen-bond acceptors (Lipinski definition) is 4. The third-order valence-corrected chi connectivity index (χ3v) is 2.41. The third-order valence-electron chi connectivity index (χ3n) is 2.41. The average molecular weight is 193 g/mol. The van der Waals surface area contributed by atoms with E-state index in [9.17, 15) is 4.79 Å². The van der Waals surface area contributed by atoms with Gasteiger partial charge in [0, 0.05) is 25.5 Å². The molecular weight excluding hydrogens is 182 g/mol. The Kier molecular flexibility index (Phi) is 2.30. The predicted octanol–water partition coefficient (Wildman–Crippen LogP) is 0.387. The number of aliphatic carboxylic acids is 1. The summed E-state index contributed by atoms with van der Waals surface area (Å²) in [5, 5.41) is 8.82. The lowest BCUT2D eigenvalue weighted by atomic mass is 10.1. The van der Waals surface area contributed by atoms with Gasteiger partial charge in [-0.25, -0.2) is 4.98 Å². The second kappa shape index (κ2) is 3.61. The topological polar surface area (TPSA) is 66.3 Å². The molecule has 0 aromatic carbocycles. The number of rotatable bonds is 2. The molecule has 74 valence electrons. The first-order chi connectivity index (χ1) is 6.77. The fourth-order valence-electron chi connectivity index (χ4n) is 1.62. The lowest BCUT2D eigenvalue weighted by molar-refractivity contribution is -0.140. The molecule has 0 radical (unpaired) electrons. The van der Waals surface area contributed by atoms with Crippen molar-refractivity contribution in [2.24, 2.45) is 5.92 Å². The van der Waals surface area contributed by atoms with Gasteiger partial charge in [0.25, 0.3) is 0 Å². The summed E-state index contributed by atoms with van der Waals surface area (Å²) in [5.41, 5.74) is 0. The molecule has 0 spiro atoms. The number of aromatic nitrogens is 2. The minimum atomic E-state index is -0.726. The Morgan fingerprint density at radius 2 is 2.43 bits per heavy atom. The van der Waals surface area contributed by atoms with Gasteiger partial charge >= 0.3 is 5.97 Å². The van der Waals surface area contributed by atoms with E-state index in [1.54, 1.807) is 18.6 Å². The Labute approximate surface area is 81.4 Å². The normalized spacial score (nSPS) is 21.1. The van der Waals surface area contributed by atoms with Crippen LogP contribution in [0.4, 0.5) is 5.82 Å². The Morgan fingerprint density at radius 1 is 1.57 bits per heavy atom. The van der Waals surface area contributed by atoms with E-state index in [2.05, 4.69) is 9.97 Å². The van der Waals surface area contributed by atoms with Gasteiger partial charge in [0.2, 0.25) is 0 Å². The molecule has 1 aromatic rings. The van der Waals surface area contributed by atoms with Crippen LogP contribution in [0.3, 0.4) is 0 Å². The first kappa shape index (κ1) is 8.93. The van der Waals surface area contributed by atoms with E-state index in [1.165, 1.54) is 0 Å². The second-order valence-electron chi connectivity index (χ2n) is 3.33. The molecule has 2 rings (SSSR count). The Morgan fingerprint density at radius 3 is 3.00 bits per heavy atom. The van der Waals surface area contributed by atoms with Gasteiger partial charge in [0.1, 0.15) is 5.82 Å². The first-order valence-corrected chi connectivity index (χ1v) is 4.51. The van der Waals surface area contributed by atoms with Crippen molar-refractivity contribution in [3.63, 3.8) is 0 Å². The lowest BCUT2D eigenvalue weighted by Crippen LogP contribution is -2.23. The number of anilines is 1. The number of hydrogen-bond donors (Lipinski definition) is 1. The van der Waals surface area contributed by atoms with Crippen molar-refractivity contribution in [1.29, 1.82) is 0 Å². The molecule has 14 heavy (non-hydrogen) atoms. The molecule has 1 fully saturated rings. The van der Waals surface area contributed by atoms with Crippen LogP contribution < -0.4 is 4.90 Å². The molecule has 0 bridgehead atoms. The molecule has 2 heterocycles. The van der Waals surface area contributed by atoms with Crippen molar-refractivity contribution < 1.29 is 9.90 Å². The fourth-order valence-corrected chi connectivity index (χ4v) is 1.62. The second-order valence-corrected chi connectivity index (χ2v) is 3.33. The maximum absolute atomic E-state index is 10.7. The predicted molar refractivity (Wildman–Crippen MR) is 50.0 cm³/mol. The molecule has 1 aromatic heterocycles. The number of carboxylic acid groups (broad SMARTS) is 1. The van der Waals surface area contributed by atoms with E-state index < -0.39 is 5.97 Å². The van der Waals surface area contributed by atoms with Crippen LogP contribution in [-0.4, -0.2) is 34.1 Å². The van der Waals surface area contributed by atoms with Crippen molar-refractivity contribution in [3.05, 3.63) is 18.6 Å². The van der Waals surface area contributed by atoms with Gasteiger partial charge < -0.3 is 10.0 Å². The molecule has 1 saturated heterocycles. The molecule has 0 aliphatic carbocycles. The summed E-state index contributed by atoms with van der Waals surface area (Å²) in [7, 11) is 0. The van der Waals surface area contributed by atoms with Crippen LogP contribution in [0.15, 0.2) is 18.6 Å². The summed E-state index contributed by atoms with van der Waals surface area (Å²) in [4.78, 5) is 20.7. The number of nitrogens with zero attached hydrogens (tertiary/aromatic N) is 3. The summed E-state index contributed by atoms with van der Waals surface area (Å²) in [5.74, 6) is -0.232. The highest BCUT2D eigenvalue weighted by Crippen LogP contribution is 2.20. The van der Waals surface area contributed by atoms with E-state index in [4.69, 9.17) is 5.11 Å². The van der Waals surface area contributed by atoms with E-state index in [0.29, 0.717) is 13.0 Å². The zero-order valence-electron chi connectivity index (χ0n) is 7.63. The van der Waals surface area contributed by atoms with Crippen LogP contribution in [0, 0.1) is 5.92 Å². The van der Waals surface area contributed by atoms with E-state index in [-0.39, 0.29) is 5.92 Å². The highest BCUT2D eigenvalue weighted by molar-refractivity contribution is 5.71. The zero-order valence-corrected chi connectivity index (χ0v) is 7.63. The molecule has 1 N–H and O–H groups in total. The van der Waals surface area contributed by atoms with E-state index in [1.807, 2.05) is 4.90 Å². The van der Waals surface area contributed by atoms with Gasteiger partial charge in [-0.1, -0.05) is 0 Å². The van der Waals surface area contributed by atoms with Crippen LogP contribution in [0.2, 0.25) is 0 Å². The molecule has 1 aliphatic heterocycles. The largest absolute Gasteiger partial charge is 0.481 e. The minimum absolute atomic E-state index is 0.267. The Bertz CT molecular complexity index is 328. The van der Waals surface area contributed by atoms with Crippen molar-refractivity contribution in [1.82, 2.24) is 9.97 Å². The maximum Gasteiger partial charge on any atom is 0.308 e. The Balaban J connectivity index is 2.06. The standard InChI is InChI=1S/C9H11N3O2/c13-9(14)7-1-4-12(6-7)8-5-10-2-3-11-8/h2-3,5,7H,1,4,6H2,(H,13,14)/t7-/m1/s1. The summed E-state index contributed by atoms with van der Waals surface area (Å²) in [6.07, 6.45) is 5.56. The van der Waals surface area contributed by atoms with Crippen LogP contribution in [0.25, 0.3) is 0 Å². The van der Waals surface area contributed by atoms with E-state index >= 15 is 0 Å². The van der Waals surface area contributed by atoms with Crippen molar-refractivity contribution in [2.75, 3.05) is 18.0 Å². The molecule has 5 heteroatoms. The summed E-state index contributed by atoms with van der Waals surface area (Å²) < 4.78 is 0. The lowest BCUT2D eigenvalue weighted by Gasteiger charge is -2.15. The maximum atomic E-state index is 10.7. The van der Waals surface area contributed by atoms with Crippen molar-refractivity contribution in [2.45, 2.75) is 6.42 Å². The van der Waals surface area contributed by atoms with Gasteiger partial charge in [0.15, 0.2) is 0 Å². The number of carbonyl (C=O) groups is 1. The highest BCUT2D eigenvalue weighted by Gasteiger charge is 2.28. The van der Waals surface area contributed by atoms with Gasteiger partial charge in [-0.3, -0.25) is 9.78 Å². The van der Waals surface area contributed by atoms with Gasteiger partial charge in [-0.2, -0.15) is 0 Å². The highest BCUT2D eigenvalue weighted by atomic mass is 16.4. The van der Waals surface area contributed by atoms with Gasteiger partial charge in [-0.05, 0) is 6.42 Å². The summed E-state index contributed by atoms with van der Waals surface area (Å²) >= 11 is 0. The summed E-state index contributed by atoms with van der Waals surface area (Å²) in [6, 6.07) is 0. The average Bonchev–Trinajstić information content (AvgIpc) is 2.68. The molecule has 5 nitrogen and oxygen atoms in total. The Hall–Kier alpha value is -1.65.